The molecule has 114 valence electrons. The zero-order valence-corrected chi connectivity index (χ0v) is 14.3. The van der Waals surface area contributed by atoms with E-state index in [9.17, 15) is 0 Å². The highest BCUT2D eigenvalue weighted by Crippen LogP contribution is 2.30. The van der Waals surface area contributed by atoms with Crippen LogP contribution in [0.2, 0.25) is 0 Å². The van der Waals surface area contributed by atoms with Gasteiger partial charge < -0.3 is 5.32 Å². The van der Waals surface area contributed by atoms with Crippen LogP contribution in [-0.4, -0.2) is 6.54 Å². The average Bonchev–Trinajstić information content (AvgIpc) is 2.64. The lowest BCUT2D eigenvalue weighted by Crippen LogP contribution is -1.98. The van der Waals surface area contributed by atoms with Gasteiger partial charge in [0.15, 0.2) is 0 Å². The van der Waals surface area contributed by atoms with Crippen molar-refractivity contribution in [3.63, 3.8) is 0 Å². The SMILES string of the molecule is CC.CC(C)/C=C1/CCCNc2ccccc21.CCC. The number of anilines is 1. The smallest absolute Gasteiger partial charge is 0.0416 e. The Morgan fingerprint density at radius 1 is 1.15 bits per heavy atom. The van der Waals surface area contributed by atoms with Crippen molar-refractivity contribution in [2.24, 2.45) is 5.92 Å². The summed E-state index contributed by atoms with van der Waals surface area (Å²) < 4.78 is 0. The maximum atomic E-state index is 3.49. The van der Waals surface area contributed by atoms with E-state index >= 15 is 0 Å². The van der Waals surface area contributed by atoms with Crippen molar-refractivity contribution < 1.29 is 0 Å². The Balaban J connectivity index is 0.000000641. The summed E-state index contributed by atoms with van der Waals surface area (Å²) in [6.07, 6.45) is 6.07. The maximum Gasteiger partial charge on any atom is 0.0416 e. The lowest BCUT2D eigenvalue weighted by molar-refractivity contribution is 0.823. The summed E-state index contributed by atoms with van der Waals surface area (Å²) in [5, 5.41) is 3.49. The van der Waals surface area contributed by atoms with Gasteiger partial charge in [0, 0.05) is 17.8 Å². The molecule has 1 aliphatic rings. The summed E-state index contributed by atoms with van der Waals surface area (Å²) in [5.74, 6) is 0.631. The van der Waals surface area contributed by atoms with Gasteiger partial charge in [0.1, 0.15) is 0 Å². The zero-order valence-electron chi connectivity index (χ0n) is 14.3. The predicted molar refractivity (Wildman–Crippen MR) is 94.3 cm³/mol. The molecule has 1 nitrogen and oxygen atoms in total. The quantitative estimate of drug-likeness (QED) is 0.627. The topological polar surface area (TPSA) is 12.0 Å². The van der Waals surface area contributed by atoms with Crippen LogP contribution in [0.4, 0.5) is 5.69 Å². The third kappa shape index (κ3) is 6.79. The van der Waals surface area contributed by atoms with Crippen molar-refractivity contribution in [1.29, 1.82) is 0 Å². The van der Waals surface area contributed by atoms with Gasteiger partial charge in [-0.1, -0.05) is 72.2 Å². The van der Waals surface area contributed by atoms with Crippen LogP contribution in [0.3, 0.4) is 0 Å². The fourth-order valence-corrected chi connectivity index (χ4v) is 2.13. The van der Waals surface area contributed by atoms with Crippen LogP contribution in [0.25, 0.3) is 5.57 Å². The molecule has 0 atom stereocenters. The van der Waals surface area contributed by atoms with E-state index < -0.39 is 0 Å². The molecule has 0 fully saturated rings. The summed E-state index contributed by atoms with van der Waals surface area (Å²) in [4.78, 5) is 0. The van der Waals surface area contributed by atoms with Gasteiger partial charge in [0.25, 0.3) is 0 Å². The van der Waals surface area contributed by atoms with Crippen LogP contribution in [0.5, 0.6) is 0 Å². The van der Waals surface area contributed by atoms with Gasteiger partial charge in [0.05, 0.1) is 0 Å². The molecule has 0 aromatic heterocycles. The molecule has 20 heavy (non-hydrogen) atoms. The highest BCUT2D eigenvalue weighted by Gasteiger charge is 2.11. The first kappa shape index (κ1) is 18.8. The standard InChI is InChI=1S/C14H19N.C3H8.C2H6/c1-11(2)10-12-6-5-9-15-14-8-4-3-7-13(12)14;1-3-2;1-2/h3-4,7-8,10-11,15H,5-6,9H2,1-2H3;3H2,1-2H3;1-2H3/b12-10-;;. The van der Waals surface area contributed by atoms with Crippen LogP contribution < -0.4 is 5.32 Å². The molecule has 0 radical (unpaired) electrons. The van der Waals surface area contributed by atoms with Gasteiger partial charge in [-0.2, -0.15) is 0 Å². The minimum absolute atomic E-state index is 0.631. The first-order chi connectivity index (χ1) is 9.69. The Morgan fingerprint density at radius 3 is 2.35 bits per heavy atom. The van der Waals surface area contributed by atoms with E-state index in [2.05, 4.69) is 63.4 Å². The number of nitrogens with one attached hydrogen (secondary N) is 1. The molecular formula is C19H33N. The van der Waals surface area contributed by atoms with Crippen molar-refractivity contribution in [1.82, 2.24) is 0 Å². The third-order valence-electron chi connectivity index (χ3n) is 2.75. The second-order valence-corrected chi connectivity index (χ2v) is 5.22. The molecule has 0 spiro atoms. The Labute approximate surface area is 126 Å². The van der Waals surface area contributed by atoms with Crippen molar-refractivity contribution >= 4 is 11.3 Å². The highest BCUT2D eigenvalue weighted by atomic mass is 14.9. The van der Waals surface area contributed by atoms with Gasteiger partial charge in [0.2, 0.25) is 0 Å². The van der Waals surface area contributed by atoms with Gasteiger partial charge in [-0.25, -0.2) is 0 Å². The number of fused-ring (bicyclic) bond motifs is 1. The Bertz CT molecular complexity index is 377. The summed E-state index contributed by atoms with van der Waals surface area (Å²) in [6, 6.07) is 8.63. The minimum atomic E-state index is 0.631. The molecule has 2 rings (SSSR count). The molecule has 1 heteroatoms. The molecule has 0 saturated heterocycles. The molecule has 1 heterocycles. The van der Waals surface area contributed by atoms with Crippen LogP contribution >= 0.6 is 0 Å². The first-order valence-corrected chi connectivity index (χ1v) is 8.23. The molecular weight excluding hydrogens is 242 g/mol. The number of hydrogen-bond acceptors (Lipinski definition) is 1. The van der Waals surface area contributed by atoms with E-state index in [0.717, 1.165) is 6.54 Å². The molecule has 0 aliphatic carbocycles. The zero-order chi connectivity index (χ0) is 15.4. The van der Waals surface area contributed by atoms with Gasteiger partial charge in [-0.05, 0) is 30.4 Å². The summed E-state index contributed by atoms with van der Waals surface area (Å²) >= 11 is 0. The number of allylic oxidation sites excluding steroid dienone is 2. The van der Waals surface area contributed by atoms with E-state index in [-0.39, 0.29) is 0 Å². The molecule has 0 amide bonds. The van der Waals surface area contributed by atoms with Crippen LogP contribution in [-0.2, 0) is 0 Å². The molecule has 1 aromatic rings. The lowest BCUT2D eigenvalue weighted by atomic mass is 9.97. The van der Waals surface area contributed by atoms with Crippen molar-refractivity contribution in [3.8, 4) is 0 Å². The maximum absolute atomic E-state index is 3.49. The fraction of sp³-hybridized carbons (Fsp3) is 0.579. The molecule has 0 unspecified atom stereocenters. The number of benzene rings is 1. The summed E-state index contributed by atoms with van der Waals surface area (Å²) in [5.41, 5.74) is 4.19. The van der Waals surface area contributed by atoms with E-state index in [0.29, 0.717) is 5.92 Å². The monoisotopic (exact) mass is 275 g/mol. The van der Waals surface area contributed by atoms with E-state index in [1.165, 1.54) is 36.1 Å². The lowest BCUT2D eigenvalue weighted by Gasteiger charge is -2.10. The Morgan fingerprint density at radius 2 is 1.75 bits per heavy atom. The molecule has 0 bridgehead atoms. The van der Waals surface area contributed by atoms with Crippen molar-refractivity contribution in [2.75, 3.05) is 11.9 Å². The van der Waals surface area contributed by atoms with Crippen molar-refractivity contribution in [3.05, 3.63) is 35.9 Å². The Kier molecular flexibility index (Phi) is 10.9. The highest BCUT2D eigenvalue weighted by molar-refractivity contribution is 5.77. The van der Waals surface area contributed by atoms with Crippen LogP contribution in [0.1, 0.15) is 66.4 Å². The largest absolute Gasteiger partial charge is 0.385 e. The molecule has 0 saturated carbocycles. The van der Waals surface area contributed by atoms with Gasteiger partial charge in [-0.15, -0.1) is 0 Å². The fourth-order valence-electron chi connectivity index (χ4n) is 2.13. The van der Waals surface area contributed by atoms with E-state index in [1.807, 2.05) is 13.8 Å². The summed E-state index contributed by atoms with van der Waals surface area (Å²) in [7, 11) is 0. The normalized spacial score (nSPS) is 15.1. The molecule has 1 aliphatic heterocycles. The summed E-state index contributed by atoms with van der Waals surface area (Å²) in [6.45, 7) is 13.8. The second-order valence-electron chi connectivity index (χ2n) is 5.22. The van der Waals surface area contributed by atoms with Crippen LogP contribution in [0, 0.1) is 5.92 Å². The number of rotatable bonds is 1. The van der Waals surface area contributed by atoms with E-state index in [4.69, 9.17) is 0 Å². The van der Waals surface area contributed by atoms with Gasteiger partial charge in [-0.3, -0.25) is 0 Å². The average molecular weight is 275 g/mol. The third-order valence-corrected chi connectivity index (χ3v) is 2.75. The van der Waals surface area contributed by atoms with Crippen molar-refractivity contribution in [2.45, 2.75) is 60.8 Å². The first-order valence-electron chi connectivity index (χ1n) is 8.23. The number of hydrogen-bond donors (Lipinski definition) is 1. The van der Waals surface area contributed by atoms with Gasteiger partial charge >= 0.3 is 0 Å². The number of para-hydroxylation sites is 1. The minimum Gasteiger partial charge on any atom is -0.385 e. The van der Waals surface area contributed by atoms with E-state index in [1.54, 1.807) is 0 Å². The van der Waals surface area contributed by atoms with Crippen LogP contribution in [0.15, 0.2) is 30.3 Å². The second kappa shape index (κ2) is 11.6. The molecule has 1 aromatic carbocycles. The molecule has 1 N–H and O–H groups in total. The Hall–Kier alpha value is -1.24. The predicted octanol–water partition coefficient (Wildman–Crippen LogP) is 6.37.